The Balaban J connectivity index is 1.15. The van der Waals surface area contributed by atoms with Gasteiger partial charge in [-0.3, -0.25) is 9.59 Å². The van der Waals surface area contributed by atoms with Crippen molar-refractivity contribution in [1.82, 2.24) is 0 Å². The maximum Gasteiger partial charge on any atom is 0.305 e. The van der Waals surface area contributed by atoms with Crippen LogP contribution in [0.5, 0.6) is 0 Å². The predicted octanol–water partition coefficient (Wildman–Crippen LogP) is 9.09. The monoisotopic (exact) mass is 966 g/mol. The van der Waals surface area contributed by atoms with E-state index in [1.165, 1.54) is 13.8 Å². The number of benzene rings is 6. The summed E-state index contributed by atoms with van der Waals surface area (Å²) in [5.74, 6) is -1.07. The van der Waals surface area contributed by atoms with Crippen LogP contribution in [-0.4, -0.2) is 86.6 Å². The first-order valence-electron chi connectivity index (χ1n) is 24.0. The molecule has 10 atom stereocenters. The summed E-state index contributed by atoms with van der Waals surface area (Å²) < 4.78 is 72.8. The van der Waals surface area contributed by atoms with Crippen LogP contribution in [0.2, 0.25) is 0 Å². The van der Waals surface area contributed by atoms with Crippen molar-refractivity contribution in [2.45, 2.75) is 115 Å². The van der Waals surface area contributed by atoms with Crippen molar-refractivity contribution in [3.05, 3.63) is 215 Å². The van der Waals surface area contributed by atoms with Crippen molar-refractivity contribution >= 4 is 11.9 Å². The number of carbonyl (C=O) groups excluding carboxylic acids is 2. The van der Waals surface area contributed by atoms with Crippen molar-refractivity contribution < 1.29 is 61.7 Å². The first kappa shape index (κ1) is 51.3. The maximum atomic E-state index is 12.9. The van der Waals surface area contributed by atoms with Gasteiger partial charge >= 0.3 is 11.9 Å². The molecule has 13 nitrogen and oxygen atoms in total. The zero-order chi connectivity index (χ0) is 49.0. The Labute approximate surface area is 415 Å². The van der Waals surface area contributed by atoms with Crippen LogP contribution in [0.25, 0.3) is 0 Å². The molecule has 0 radical (unpaired) electrons. The van der Waals surface area contributed by atoms with Crippen LogP contribution in [0.4, 0.5) is 0 Å². The van der Waals surface area contributed by atoms with Gasteiger partial charge in [-0.2, -0.15) is 0 Å². The lowest BCUT2D eigenvalue weighted by Gasteiger charge is -2.47. The summed E-state index contributed by atoms with van der Waals surface area (Å²) in [6.07, 6.45) is -9.44. The molecule has 2 aliphatic heterocycles. The fourth-order valence-corrected chi connectivity index (χ4v) is 8.54. The maximum absolute atomic E-state index is 12.9. The van der Waals surface area contributed by atoms with Gasteiger partial charge in [0, 0.05) is 13.8 Å². The number of hydrogen-bond acceptors (Lipinski definition) is 13. The molecule has 372 valence electrons. The quantitative estimate of drug-likeness (QED) is 0.0535. The van der Waals surface area contributed by atoms with E-state index >= 15 is 0 Å². The van der Waals surface area contributed by atoms with E-state index in [2.05, 4.69) is 0 Å². The van der Waals surface area contributed by atoms with Gasteiger partial charge in [-0.05, 0) is 33.4 Å². The molecule has 0 aromatic heterocycles. The van der Waals surface area contributed by atoms with Gasteiger partial charge in [0.05, 0.1) is 46.2 Å². The highest BCUT2D eigenvalue weighted by Crippen LogP contribution is 2.35. The van der Waals surface area contributed by atoms with E-state index < -0.39 is 73.4 Å². The van der Waals surface area contributed by atoms with Crippen LogP contribution in [0.15, 0.2) is 182 Å². The predicted molar refractivity (Wildman–Crippen MR) is 262 cm³/mol. The first-order valence-corrected chi connectivity index (χ1v) is 24.0. The molecule has 2 aliphatic rings. The minimum atomic E-state index is -1.24. The molecule has 13 heteroatoms. The summed E-state index contributed by atoms with van der Waals surface area (Å²) in [6.45, 7) is 3.44. The normalized spacial score (nSPS) is 24.2. The average molecular weight is 967 g/mol. The lowest BCUT2D eigenvalue weighted by Crippen LogP contribution is -2.64. The lowest BCUT2D eigenvalue weighted by molar-refractivity contribution is -0.349. The molecule has 71 heavy (non-hydrogen) atoms. The van der Waals surface area contributed by atoms with E-state index in [1.807, 2.05) is 182 Å². The average Bonchev–Trinajstić information content (AvgIpc) is 3.40. The molecule has 0 unspecified atom stereocenters. The molecular formula is C58H62O13. The van der Waals surface area contributed by atoms with Gasteiger partial charge in [0.15, 0.2) is 6.29 Å². The Hall–Kier alpha value is -6.10. The van der Waals surface area contributed by atoms with Crippen LogP contribution in [0.3, 0.4) is 0 Å². The van der Waals surface area contributed by atoms with Gasteiger partial charge in [0.2, 0.25) is 6.29 Å². The summed E-state index contributed by atoms with van der Waals surface area (Å²) in [6, 6.07) is 58.5. The molecule has 0 aliphatic carbocycles. The Kier molecular flexibility index (Phi) is 19.4. The Morgan fingerprint density at radius 3 is 0.944 bits per heavy atom. The molecule has 6 aromatic carbocycles. The van der Waals surface area contributed by atoms with E-state index in [-0.39, 0.29) is 52.9 Å². The SMILES string of the molecule is CC(=O)OC[C@H]1O[C@H](OC[C@H]2O[C@H](OC(C)=O)[C@H](OCc3ccccc3)[C@@H](OCc3ccccc3)[C@@H]2OCc2ccccc2)[C@H](OCc2ccccc2)[C@@H](OCc2ccccc2)[C@@H]1OCc1ccccc1. The molecule has 0 spiro atoms. The fourth-order valence-electron chi connectivity index (χ4n) is 8.54. The molecule has 0 saturated carbocycles. The molecule has 2 heterocycles. The highest BCUT2D eigenvalue weighted by molar-refractivity contribution is 5.66. The van der Waals surface area contributed by atoms with Crippen LogP contribution < -0.4 is 0 Å². The van der Waals surface area contributed by atoms with Crippen molar-refractivity contribution in [1.29, 1.82) is 0 Å². The van der Waals surface area contributed by atoms with Crippen LogP contribution in [-0.2, 0) is 101 Å². The lowest BCUT2D eigenvalue weighted by atomic mass is 9.96. The van der Waals surface area contributed by atoms with Crippen LogP contribution >= 0.6 is 0 Å². The standard InChI is InChI=1S/C58H62O13/c1-41(59)61-39-49-51(62-33-43-21-9-3-10-22-43)53(64-35-45-25-13-5-14-26-45)55(66-37-47-29-17-7-18-30-47)57(70-49)68-40-50-52(63-34-44-23-11-4-12-24-44)54(65-36-46-27-15-6-16-28-46)56(58(71-50)69-42(2)60)67-38-48-31-19-8-20-32-48/h3-32,49-58H,33-40H2,1-2H3/t49-,50-,51-,52-,53+,54+,55-,56-,57+,58+/m1/s1. The van der Waals surface area contributed by atoms with E-state index in [0.717, 1.165) is 33.4 Å². The summed E-state index contributed by atoms with van der Waals surface area (Å²) in [5, 5.41) is 0. The number of carbonyl (C=O) groups is 2. The zero-order valence-electron chi connectivity index (χ0n) is 40.1. The number of ether oxygens (including phenoxy) is 11. The zero-order valence-corrected chi connectivity index (χ0v) is 40.1. The third kappa shape index (κ3) is 15.4. The number of rotatable bonds is 24. The molecule has 2 fully saturated rings. The number of hydrogen-bond donors (Lipinski definition) is 0. The van der Waals surface area contributed by atoms with Crippen LogP contribution in [0.1, 0.15) is 47.2 Å². The van der Waals surface area contributed by atoms with Gasteiger partial charge in [-0.25, -0.2) is 0 Å². The molecule has 0 bridgehead atoms. The van der Waals surface area contributed by atoms with Gasteiger partial charge < -0.3 is 52.1 Å². The van der Waals surface area contributed by atoms with E-state index in [0.29, 0.717) is 0 Å². The summed E-state index contributed by atoms with van der Waals surface area (Å²) in [7, 11) is 0. The highest BCUT2D eigenvalue weighted by Gasteiger charge is 2.53. The molecule has 6 aromatic rings. The third-order valence-electron chi connectivity index (χ3n) is 12.1. The van der Waals surface area contributed by atoms with Gasteiger partial charge in [0.25, 0.3) is 0 Å². The second-order valence-corrected chi connectivity index (χ2v) is 17.4. The fraction of sp³-hybridized carbons (Fsp3) is 0.345. The number of esters is 2. The Morgan fingerprint density at radius 2 is 0.620 bits per heavy atom. The van der Waals surface area contributed by atoms with Crippen LogP contribution in [0, 0.1) is 0 Å². The molecule has 0 amide bonds. The minimum absolute atomic E-state index is 0.168. The minimum Gasteiger partial charge on any atom is -0.463 e. The summed E-state index contributed by atoms with van der Waals surface area (Å²) in [5.41, 5.74) is 5.49. The third-order valence-corrected chi connectivity index (χ3v) is 12.1. The molecule has 8 rings (SSSR count). The van der Waals surface area contributed by atoms with Crippen molar-refractivity contribution in [2.75, 3.05) is 13.2 Å². The van der Waals surface area contributed by atoms with Crippen molar-refractivity contribution in [3.63, 3.8) is 0 Å². The Bertz CT molecular complexity index is 2450. The second-order valence-electron chi connectivity index (χ2n) is 17.4. The highest BCUT2D eigenvalue weighted by atomic mass is 16.8. The van der Waals surface area contributed by atoms with Gasteiger partial charge in [-0.1, -0.05) is 182 Å². The van der Waals surface area contributed by atoms with Crippen molar-refractivity contribution in [3.8, 4) is 0 Å². The summed E-state index contributed by atoms with van der Waals surface area (Å²) in [4.78, 5) is 25.4. The molecular weight excluding hydrogens is 905 g/mol. The first-order chi connectivity index (χ1) is 34.9. The smallest absolute Gasteiger partial charge is 0.305 e. The van der Waals surface area contributed by atoms with E-state index in [9.17, 15) is 9.59 Å². The Morgan fingerprint density at radius 1 is 0.338 bits per heavy atom. The van der Waals surface area contributed by atoms with E-state index in [1.54, 1.807) is 0 Å². The van der Waals surface area contributed by atoms with Gasteiger partial charge in [0.1, 0.15) is 55.4 Å². The topological polar surface area (TPSA) is 136 Å². The molecule has 2 saturated heterocycles. The van der Waals surface area contributed by atoms with Gasteiger partial charge in [-0.15, -0.1) is 0 Å². The molecule has 0 N–H and O–H groups in total. The van der Waals surface area contributed by atoms with E-state index in [4.69, 9.17) is 52.1 Å². The second kappa shape index (κ2) is 26.9. The summed E-state index contributed by atoms with van der Waals surface area (Å²) >= 11 is 0. The van der Waals surface area contributed by atoms with Crippen molar-refractivity contribution in [2.24, 2.45) is 0 Å². The largest absolute Gasteiger partial charge is 0.463 e.